The molecule has 1 aliphatic heterocycles. The number of carboxylic acids is 1. The highest BCUT2D eigenvalue weighted by Crippen LogP contribution is 2.20. The molecule has 0 aliphatic carbocycles. The summed E-state index contributed by atoms with van der Waals surface area (Å²) in [4.78, 5) is 13.0. The van der Waals surface area contributed by atoms with Gasteiger partial charge in [0.05, 0.1) is 0 Å². The van der Waals surface area contributed by atoms with E-state index in [1.807, 2.05) is 0 Å². The third kappa shape index (κ3) is 3.80. The first-order valence-electron chi connectivity index (χ1n) is 5.60. The molecule has 2 N–H and O–H groups in total. The Balaban J connectivity index is 2.54. The highest BCUT2D eigenvalue weighted by Gasteiger charge is 2.30. The molecule has 1 aliphatic rings. The van der Waals surface area contributed by atoms with Crippen molar-refractivity contribution in [2.45, 2.75) is 45.2 Å². The van der Waals surface area contributed by atoms with E-state index < -0.39 is 5.97 Å². The molecular formula is C11H22N2O2. The molecule has 4 heteroatoms. The Labute approximate surface area is 91.6 Å². The summed E-state index contributed by atoms with van der Waals surface area (Å²) >= 11 is 0. The highest BCUT2D eigenvalue weighted by atomic mass is 16.4. The molecule has 1 heterocycles. The number of hydrogen-bond donors (Lipinski definition) is 2. The summed E-state index contributed by atoms with van der Waals surface area (Å²) in [5.41, 5.74) is 0.130. The number of nitrogens with zero attached hydrogens (tertiary/aromatic N) is 1. The van der Waals surface area contributed by atoms with Gasteiger partial charge in [-0.2, -0.15) is 0 Å². The van der Waals surface area contributed by atoms with Gasteiger partial charge in [-0.3, -0.25) is 9.69 Å². The van der Waals surface area contributed by atoms with Crippen LogP contribution in [0.25, 0.3) is 0 Å². The zero-order valence-corrected chi connectivity index (χ0v) is 9.92. The smallest absolute Gasteiger partial charge is 0.303 e. The SMILES string of the molecule is CC(C)(C)N1CCNCC1CCC(=O)O. The second-order valence-corrected chi connectivity index (χ2v) is 5.15. The van der Waals surface area contributed by atoms with E-state index in [1.54, 1.807) is 0 Å². The molecule has 1 rings (SSSR count). The average molecular weight is 214 g/mol. The minimum atomic E-state index is -0.700. The quantitative estimate of drug-likeness (QED) is 0.733. The predicted molar refractivity (Wildman–Crippen MR) is 60.0 cm³/mol. The molecule has 88 valence electrons. The lowest BCUT2D eigenvalue weighted by atomic mass is 9.98. The molecule has 0 aromatic carbocycles. The number of piperazine rings is 1. The van der Waals surface area contributed by atoms with Crippen molar-refractivity contribution in [3.63, 3.8) is 0 Å². The monoisotopic (exact) mass is 214 g/mol. The molecule has 0 bridgehead atoms. The molecule has 0 amide bonds. The summed E-state index contributed by atoms with van der Waals surface area (Å²) in [7, 11) is 0. The molecular weight excluding hydrogens is 192 g/mol. The lowest BCUT2D eigenvalue weighted by molar-refractivity contribution is -0.137. The summed E-state index contributed by atoms with van der Waals surface area (Å²) in [5.74, 6) is -0.700. The van der Waals surface area contributed by atoms with Crippen LogP contribution in [-0.2, 0) is 4.79 Å². The molecule has 1 fully saturated rings. The summed E-state index contributed by atoms with van der Waals surface area (Å²) in [6.45, 7) is 9.48. The summed E-state index contributed by atoms with van der Waals surface area (Å²) in [5, 5.41) is 12.0. The van der Waals surface area contributed by atoms with Crippen molar-refractivity contribution in [1.82, 2.24) is 10.2 Å². The van der Waals surface area contributed by atoms with E-state index in [9.17, 15) is 4.79 Å². The van der Waals surface area contributed by atoms with Gasteiger partial charge in [0.1, 0.15) is 0 Å². The van der Waals surface area contributed by atoms with Gasteiger partial charge in [0.25, 0.3) is 0 Å². The third-order valence-electron chi connectivity index (χ3n) is 2.90. The highest BCUT2D eigenvalue weighted by molar-refractivity contribution is 5.66. The van der Waals surface area contributed by atoms with E-state index >= 15 is 0 Å². The van der Waals surface area contributed by atoms with Crippen molar-refractivity contribution in [1.29, 1.82) is 0 Å². The number of hydrogen-bond acceptors (Lipinski definition) is 3. The van der Waals surface area contributed by atoms with Gasteiger partial charge >= 0.3 is 5.97 Å². The molecule has 0 aromatic rings. The fourth-order valence-electron chi connectivity index (χ4n) is 2.19. The average Bonchev–Trinajstić information content (AvgIpc) is 2.13. The fourth-order valence-corrected chi connectivity index (χ4v) is 2.19. The van der Waals surface area contributed by atoms with Crippen molar-refractivity contribution in [3.05, 3.63) is 0 Å². The van der Waals surface area contributed by atoms with Crippen LogP contribution in [0.15, 0.2) is 0 Å². The third-order valence-corrected chi connectivity index (χ3v) is 2.90. The zero-order valence-electron chi connectivity index (χ0n) is 9.92. The van der Waals surface area contributed by atoms with E-state index in [2.05, 4.69) is 31.0 Å². The molecule has 0 spiro atoms. The van der Waals surface area contributed by atoms with Crippen LogP contribution >= 0.6 is 0 Å². The first-order valence-corrected chi connectivity index (χ1v) is 5.60. The molecule has 0 aromatic heterocycles. The second-order valence-electron chi connectivity index (χ2n) is 5.15. The van der Waals surface area contributed by atoms with E-state index in [0.717, 1.165) is 26.1 Å². The number of aliphatic carboxylic acids is 1. The van der Waals surface area contributed by atoms with E-state index in [4.69, 9.17) is 5.11 Å². The van der Waals surface area contributed by atoms with Crippen LogP contribution < -0.4 is 5.32 Å². The van der Waals surface area contributed by atoms with Crippen molar-refractivity contribution < 1.29 is 9.90 Å². The van der Waals surface area contributed by atoms with Gasteiger partial charge < -0.3 is 10.4 Å². The predicted octanol–water partition coefficient (Wildman–Crippen LogP) is 0.923. The fraction of sp³-hybridized carbons (Fsp3) is 0.909. The largest absolute Gasteiger partial charge is 0.481 e. The minimum Gasteiger partial charge on any atom is -0.481 e. The first kappa shape index (κ1) is 12.5. The lowest BCUT2D eigenvalue weighted by Gasteiger charge is -2.44. The van der Waals surface area contributed by atoms with Gasteiger partial charge in [-0.1, -0.05) is 0 Å². The number of rotatable bonds is 3. The van der Waals surface area contributed by atoms with Crippen LogP contribution in [0.3, 0.4) is 0 Å². The zero-order chi connectivity index (χ0) is 11.5. The van der Waals surface area contributed by atoms with Gasteiger partial charge in [0, 0.05) is 37.6 Å². The van der Waals surface area contributed by atoms with Gasteiger partial charge in [-0.25, -0.2) is 0 Å². The Bertz CT molecular complexity index is 223. The molecule has 1 unspecified atom stereocenters. The topological polar surface area (TPSA) is 52.6 Å². The molecule has 4 nitrogen and oxygen atoms in total. The van der Waals surface area contributed by atoms with Crippen molar-refractivity contribution in [2.75, 3.05) is 19.6 Å². The van der Waals surface area contributed by atoms with Gasteiger partial charge in [0.15, 0.2) is 0 Å². The Morgan fingerprint density at radius 1 is 1.53 bits per heavy atom. The number of nitrogens with one attached hydrogen (secondary N) is 1. The Kier molecular flexibility index (Phi) is 4.11. The van der Waals surface area contributed by atoms with Crippen LogP contribution in [-0.4, -0.2) is 47.2 Å². The van der Waals surface area contributed by atoms with Gasteiger partial charge in [0.2, 0.25) is 0 Å². The molecule has 0 saturated carbocycles. The Hall–Kier alpha value is -0.610. The van der Waals surface area contributed by atoms with Crippen LogP contribution in [0.4, 0.5) is 0 Å². The molecule has 15 heavy (non-hydrogen) atoms. The summed E-state index contributed by atoms with van der Waals surface area (Å²) in [6, 6.07) is 0.356. The van der Waals surface area contributed by atoms with Crippen molar-refractivity contribution in [3.8, 4) is 0 Å². The first-order chi connectivity index (χ1) is 6.91. The van der Waals surface area contributed by atoms with Crippen LogP contribution in [0.1, 0.15) is 33.6 Å². The maximum absolute atomic E-state index is 10.6. The summed E-state index contributed by atoms with van der Waals surface area (Å²) in [6.07, 6.45) is 0.999. The van der Waals surface area contributed by atoms with Crippen LogP contribution in [0.2, 0.25) is 0 Å². The van der Waals surface area contributed by atoms with E-state index in [1.165, 1.54) is 0 Å². The number of carboxylic acid groups (broad SMARTS) is 1. The lowest BCUT2D eigenvalue weighted by Crippen LogP contribution is -2.58. The maximum Gasteiger partial charge on any atom is 0.303 e. The van der Waals surface area contributed by atoms with Crippen LogP contribution in [0.5, 0.6) is 0 Å². The summed E-state index contributed by atoms with van der Waals surface area (Å²) < 4.78 is 0. The number of carbonyl (C=O) groups is 1. The minimum absolute atomic E-state index is 0.130. The second kappa shape index (κ2) is 4.94. The Morgan fingerprint density at radius 2 is 2.20 bits per heavy atom. The molecule has 1 atom stereocenters. The van der Waals surface area contributed by atoms with Crippen LogP contribution in [0, 0.1) is 0 Å². The molecule has 0 radical (unpaired) electrons. The van der Waals surface area contributed by atoms with Crippen molar-refractivity contribution in [2.24, 2.45) is 0 Å². The van der Waals surface area contributed by atoms with Gasteiger partial charge in [-0.05, 0) is 27.2 Å². The molecule has 1 saturated heterocycles. The van der Waals surface area contributed by atoms with E-state index in [0.29, 0.717) is 6.04 Å². The normalized spacial score (nSPS) is 24.1. The Morgan fingerprint density at radius 3 is 2.73 bits per heavy atom. The van der Waals surface area contributed by atoms with Crippen molar-refractivity contribution >= 4 is 5.97 Å². The van der Waals surface area contributed by atoms with Gasteiger partial charge in [-0.15, -0.1) is 0 Å². The maximum atomic E-state index is 10.6. The van der Waals surface area contributed by atoms with E-state index in [-0.39, 0.29) is 12.0 Å². The standard InChI is InChI=1S/C11H22N2O2/c1-11(2,3)13-7-6-12-8-9(13)4-5-10(14)15/h9,12H,4-8H2,1-3H3,(H,14,15).